The zero-order valence-electron chi connectivity index (χ0n) is 16.1. The first kappa shape index (κ1) is 18.9. The second-order valence-electron chi connectivity index (χ2n) is 7.04. The number of carbonyl (C=O) groups is 1. The lowest BCUT2D eigenvalue weighted by atomic mass is 9.99. The Labute approximate surface area is 170 Å². The number of hydrogen-bond donors (Lipinski definition) is 0. The second kappa shape index (κ2) is 8.74. The molecule has 0 unspecified atom stereocenters. The molecule has 3 aromatic rings. The average Bonchev–Trinajstić information content (AvgIpc) is 2.79. The van der Waals surface area contributed by atoms with E-state index in [9.17, 15) is 9.18 Å². The van der Waals surface area contributed by atoms with Crippen LogP contribution in [0, 0.1) is 5.82 Å². The predicted molar refractivity (Wildman–Crippen MR) is 112 cm³/mol. The van der Waals surface area contributed by atoms with Gasteiger partial charge in [-0.25, -0.2) is 4.39 Å². The quantitative estimate of drug-likeness (QED) is 0.592. The van der Waals surface area contributed by atoms with Crippen LogP contribution in [0.2, 0.25) is 0 Å². The summed E-state index contributed by atoms with van der Waals surface area (Å²) in [6.45, 7) is 1.70. The minimum atomic E-state index is -0.238. The maximum absolute atomic E-state index is 13.1. The molecule has 1 heterocycles. The van der Waals surface area contributed by atoms with Gasteiger partial charge in [0.25, 0.3) is 5.91 Å². The van der Waals surface area contributed by atoms with Gasteiger partial charge in [0.15, 0.2) is 0 Å². The Morgan fingerprint density at radius 1 is 0.931 bits per heavy atom. The average molecular weight is 387 g/mol. The molecule has 1 aliphatic rings. The Morgan fingerprint density at radius 2 is 1.66 bits per heavy atom. The summed E-state index contributed by atoms with van der Waals surface area (Å²) in [7, 11) is 0. The first-order chi connectivity index (χ1) is 14.2. The van der Waals surface area contributed by atoms with Crippen molar-refractivity contribution in [1.29, 1.82) is 0 Å². The van der Waals surface area contributed by atoms with Crippen LogP contribution in [0.1, 0.15) is 27.9 Å². The molecule has 0 bridgehead atoms. The van der Waals surface area contributed by atoms with Crippen LogP contribution in [0.15, 0.2) is 84.9 Å². The number of benzene rings is 3. The summed E-state index contributed by atoms with van der Waals surface area (Å²) in [6, 6.07) is 23.8. The van der Waals surface area contributed by atoms with E-state index in [0.717, 1.165) is 28.9 Å². The molecule has 3 nitrogen and oxygen atoms in total. The highest BCUT2D eigenvalue weighted by molar-refractivity contribution is 5.95. The molecule has 0 saturated carbocycles. The summed E-state index contributed by atoms with van der Waals surface area (Å²) < 4.78 is 18.9. The van der Waals surface area contributed by atoms with Crippen molar-refractivity contribution in [2.24, 2.45) is 0 Å². The predicted octanol–water partition coefficient (Wildman–Crippen LogP) is 5.33. The normalized spacial score (nSPS) is 13.7. The molecular formula is C25H22FNO2. The Bertz CT molecular complexity index is 995. The largest absolute Gasteiger partial charge is 0.489 e. The van der Waals surface area contributed by atoms with Crippen molar-refractivity contribution in [2.45, 2.75) is 13.0 Å². The van der Waals surface area contributed by atoms with Gasteiger partial charge in [-0.1, -0.05) is 48.5 Å². The molecule has 1 aliphatic heterocycles. The summed E-state index contributed by atoms with van der Waals surface area (Å²) in [5.74, 6) is 0.509. The van der Waals surface area contributed by atoms with Gasteiger partial charge in [-0.3, -0.25) is 4.79 Å². The van der Waals surface area contributed by atoms with E-state index in [1.165, 1.54) is 12.1 Å². The van der Waals surface area contributed by atoms with Crippen molar-refractivity contribution in [3.8, 4) is 5.75 Å². The molecule has 0 fully saturated rings. The number of rotatable bonds is 5. The van der Waals surface area contributed by atoms with Gasteiger partial charge in [-0.05, 0) is 59.5 Å². The van der Waals surface area contributed by atoms with E-state index in [1.807, 2.05) is 65.6 Å². The van der Waals surface area contributed by atoms with Crippen molar-refractivity contribution in [3.05, 3.63) is 107 Å². The summed E-state index contributed by atoms with van der Waals surface area (Å²) in [5.41, 5.74) is 3.91. The third-order valence-electron chi connectivity index (χ3n) is 5.06. The molecule has 0 aromatic heterocycles. The molecule has 1 amide bonds. The molecule has 0 radical (unpaired) electrons. The third-order valence-corrected chi connectivity index (χ3v) is 5.06. The fourth-order valence-corrected chi connectivity index (χ4v) is 3.40. The summed E-state index contributed by atoms with van der Waals surface area (Å²) in [6.07, 6.45) is 2.81. The van der Waals surface area contributed by atoms with E-state index >= 15 is 0 Å². The van der Waals surface area contributed by atoms with E-state index in [0.29, 0.717) is 25.3 Å². The van der Waals surface area contributed by atoms with Gasteiger partial charge in [0, 0.05) is 18.7 Å². The first-order valence-corrected chi connectivity index (χ1v) is 9.70. The molecule has 4 rings (SSSR count). The number of carbonyl (C=O) groups excluding carboxylic acids is 1. The Morgan fingerprint density at radius 3 is 2.31 bits per heavy atom. The van der Waals surface area contributed by atoms with Crippen LogP contribution in [0.5, 0.6) is 5.75 Å². The Hall–Kier alpha value is -3.40. The van der Waals surface area contributed by atoms with Gasteiger partial charge in [-0.2, -0.15) is 0 Å². The maximum atomic E-state index is 13.1. The van der Waals surface area contributed by atoms with Crippen molar-refractivity contribution in [1.82, 2.24) is 4.90 Å². The molecule has 146 valence electrons. The number of nitrogens with zero attached hydrogens (tertiary/aromatic N) is 1. The Kier molecular flexibility index (Phi) is 5.71. The summed E-state index contributed by atoms with van der Waals surface area (Å²) in [4.78, 5) is 14.6. The lowest BCUT2D eigenvalue weighted by Crippen LogP contribution is -2.34. The van der Waals surface area contributed by atoms with Crippen LogP contribution in [0.25, 0.3) is 5.57 Å². The molecule has 0 aliphatic carbocycles. The number of hydrogen-bond acceptors (Lipinski definition) is 2. The lowest BCUT2D eigenvalue weighted by Gasteiger charge is -2.27. The van der Waals surface area contributed by atoms with Crippen LogP contribution in [0.3, 0.4) is 0 Å². The highest BCUT2D eigenvalue weighted by Crippen LogP contribution is 2.24. The fraction of sp³-hybridized carbons (Fsp3) is 0.160. The topological polar surface area (TPSA) is 29.5 Å². The van der Waals surface area contributed by atoms with Crippen molar-refractivity contribution in [2.75, 3.05) is 13.1 Å². The number of ether oxygens (including phenoxy) is 1. The van der Waals surface area contributed by atoms with E-state index in [-0.39, 0.29) is 11.7 Å². The first-order valence-electron chi connectivity index (χ1n) is 9.70. The van der Waals surface area contributed by atoms with Crippen molar-refractivity contribution in [3.63, 3.8) is 0 Å². The number of halogens is 1. The third kappa shape index (κ3) is 4.72. The van der Waals surface area contributed by atoms with Gasteiger partial charge < -0.3 is 9.64 Å². The summed E-state index contributed by atoms with van der Waals surface area (Å²) in [5, 5.41) is 0. The molecule has 29 heavy (non-hydrogen) atoms. The van der Waals surface area contributed by atoms with Crippen LogP contribution >= 0.6 is 0 Å². The van der Waals surface area contributed by atoms with E-state index in [2.05, 4.69) is 0 Å². The van der Waals surface area contributed by atoms with Crippen LogP contribution in [-0.4, -0.2) is 23.9 Å². The van der Waals surface area contributed by atoms with Crippen molar-refractivity contribution >= 4 is 11.5 Å². The lowest BCUT2D eigenvalue weighted by molar-refractivity contribution is 0.0773. The SMILES string of the molecule is O=C(c1ccc(OCc2ccccc2)cc1)N1CC=C(c2ccc(F)cc2)CC1. The molecule has 4 heteroatoms. The maximum Gasteiger partial charge on any atom is 0.254 e. The van der Waals surface area contributed by atoms with Gasteiger partial charge >= 0.3 is 0 Å². The zero-order chi connectivity index (χ0) is 20.1. The van der Waals surface area contributed by atoms with E-state index in [1.54, 1.807) is 12.1 Å². The molecule has 0 N–H and O–H groups in total. The van der Waals surface area contributed by atoms with E-state index in [4.69, 9.17) is 4.74 Å². The zero-order valence-corrected chi connectivity index (χ0v) is 16.1. The molecule has 0 spiro atoms. The minimum Gasteiger partial charge on any atom is -0.489 e. The van der Waals surface area contributed by atoms with Gasteiger partial charge in [0.05, 0.1) is 0 Å². The number of amides is 1. The highest BCUT2D eigenvalue weighted by atomic mass is 19.1. The molecule has 3 aromatic carbocycles. The fourth-order valence-electron chi connectivity index (χ4n) is 3.40. The van der Waals surface area contributed by atoms with Crippen LogP contribution in [-0.2, 0) is 6.61 Å². The molecule has 0 atom stereocenters. The summed E-state index contributed by atoms with van der Waals surface area (Å²) >= 11 is 0. The Balaban J connectivity index is 1.35. The van der Waals surface area contributed by atoms with Crippen LogP contribution in [0.4, 0.5) is 4.39 Å². The van der Waals surface area contributed by atoms with Gasteiger partial charge in [-0.15, -0.1) is 0 Å². The highest BCUT2D eigenvalue weighted by Gasteiger charge is 2.19. The second-order valence-corrected chi connectivity index (χ2v) is 7.04. The van der Waals surface area contributed by atoms with Crippen molar-refractivity contribution < 1.29 is 13.9 Å². The van der Waals surface area contributed by atoms with Gasteiger partial charge in [0.1, 0.15) is 18.2 Å². The minimum absolute atomic E-state index is 0.00835. The molecular weight excluding hydrogens is 365 g/mol. The monoisotopic (exact) mass is 387 g/mol. The standard InChI is InChI=1S/C25H22FNO2/c26-23-10-6-20(7-11-23)21-14-16-27(17-15-21)25(28)22-8-12-24(13-9-22)29-18-19-4-2-1-3-5-19/h1-14H,15-18H2. The molecule has 0 saturated heterocycles. The van der Waals surface area contributed by atoms with Gasteiger partial charge in [0.2, 0.25) is 0 Å². The van der Waals surface area contributed by atoms with Crippen LogP contribution < -0.4 is 4.74 Å². The smallest absolute Gasteiger partial charge is 0.254 e. The van der Waals surface area contributed by atoms with E-state index < -0.39 is 0 Å².